The van der Waals surface area contributed by atoms with E-state index < -0.39 is 0 Å². The van der Waals surface area contributed by atoms with Crippen molar-refractivity contribution in [3.63, 3.8) is 0 Å². The molecule has 1 N–H and O–H groups in total. The Morgan fingerprint density at radius 2 is 2.17 bits per heavy atom. The molecule has 0 atom stereocenters. The first-order valence-electron chi connectivity index (χ1n) is 3.63. The van der Waals surface area contributed by atoms with E-state index in [1.165, 1.54) is 9.21 Å². The van der Waals surface area contributed by atoms with Crippen LogP contribution in [-0.2, 0) is 0 Å². The van der Waals surface area contributed by atoms with Crippen LogP contribution in [0.25, 0.3) is 10.9 Å². The van der Waals surface area contributed by atoms with Crippen LogP contribution in [0.3, 0.4) is 0 Å². The van der Waals surface area contributed by atoms with Crippen LogP contribution in [0.1, 0.15) is 0 Å². The van der Waals surface area contributed by atoms with E-state index >= 15 is 0 Å². The van der Waals surface area contributed by atoms with E-state index in [0.29, 0.717) is 0 Å². The highest BCUT2D eigenvalue weighted by molar-refractivity contribution is 14.1. The second-order valence-corrected chi connectivity index (χ2v) is 6.41. The van der Waals surface area contributed by atoms with Crippen LogP contribution in [0.5, 0.6) is 0 Å². The number of aromatic amines is 1. The van der Waals surface area contributed by atoms with Crippen molar-refractivity contribution in [1.29, 1.82) is 0 Å². The molecule has 2 aromatic rings. The van der Waals surface area contributed by atoms with E-state index in [4.69, 9.17) is 11.6 Å². The molecule has 12 heavy (non-hydrogen) atoms. The summed E-state index contributed by atoms with van der Waals surface area (Å²) in [5.41, 5.74) is 1.15. The average Bonchev–Trinajstić information content (AvgIpc) is 2.46. The third kappa shape index (κ3) is 1.73. The maximum atomic E-state index is 5.86. The number of hydrogen-bond donors (Lipinski definition) is 1. The van der Waals surface area contributed by atoms with Crippen molar-refractivity contribution in [3.8, 4) is 0 Å². The molecule has 0 radical (unpaired) electrons. The van der Waals surface area contributed by atoms with Crippen molar-refractivity contribution in [2.24, 2.45) is 0 Å². The number of H-pyrrole nitrogens is 1. The molecule has 0 amide bonds. The van der Waals surface area contributed by atoms with Crippen molar-refractivity contribution in [2.45, 2.75) is 0 Å². The molecule has 4 heteroatoms. The van der Waals surface area contributed by atoms with Gasteiger partial charge in [-0.15, -0.1) is 0 Å². The van der Waals surface area contributed by atoms with Gasteiger partial charge < -0.3 is 4.98 Å². The molecule has 0 fully saturated rings. The van der Waals surface area contributed by atoms with Gasteiger partial charge in [-0.05, 0) is 17.5 Å². The van der Waals surface area contributed by atoms with Gasteiger partial charge in [-0.1, -0.05) is 27.6 Å². The summed E-state index contributed by atoms with van der Waals surface area (Å²) in [6.45, 7) is 0. The predicted octanol–water partition coefficient (Wildman–Crippen LogP) is 2.50. The largest absolute Gasteiger partial charge is 0.527 e. The van der Waals surface area contributed by atoms with Gasteiger partial charge in [0, 0.05) is 10.5 Å². The Labute approximate surface area is 95.0 Å². The van der Waals surface area contributed by atoms with Gasteiger partial charge >= 0.3 is 16.5 Å². The fourth-order valence-corrected chi connectivity index (χ4v) is 3.19. The third-order valence-electron chi connectivity index (χ3n) is 1.78. The van der Waals surface area contributed by atoms with Gasteiger partial charge in [-0.3, -0.25) is 18.9 Å². The highest BCUT2D eigenvalue weighted by Gasteiger charge is 2.01. The lowest BCUT2D eigenvalue weighted by Crippen LogP contribution is -2.07. The first kappa shape index (κ1) is 9.12. The number of benzene rings is 1. The molecule has 1 heterocycles. The molecule has 58 valence electrons. The lowest BCUT2D eigenvalue weighted by Gasteiger charge is -1.89. The lowest BCUT2D eigenvalue weighted by molar-refractivity contribution is 1.54. The van der Waals surface area contributed by atoms with Crippen LogP contribution in [0.4, 0.5) is 0 Å². The maximum absolute atomic E-state index is 5.86. The van der Waals surface area contributed by atoms with E-state index in [1.807, 2.05) is 12.1 Å². The second-order valence-electron chi connectivity index (χ2n) is 2.66. The first-order chi connectivity index (χ1) is 5.79. The van der Waals surface area contributed by atoms with Crippen molar-refractivity contribution < 1.29 is 0 Å². The molecule has 0 saturated carbocycles. The molecule has 1 aromatic carbocycles. The van der Waals surface area contributed by atoms with Crippen LogP contribution < -0.4 is 3.82 Å². The summed E-state index contributed by atoms with van der Waals surface area (Å²) in [4.78, 5) is 3.36. The van der Waals surface area contributed by atoms with Crippen LogP contribution in [0, 0.1) is 0 Å². The Morgan fingerprint density at radius 3 is 2.92 bits per heavy atom. The normalized spacial score (nSPS) is 10.2. The highest BCUT2D eigenvalue weighted by Crippen LogP contribution is 2.16. The SMILES string of the molecule is Clc1ccc2c[c]([Mg][I])[nH]c2c1. The van der Waals surface area contributed by atoms with Gasteiger partial charge in [0.1, 0.15) is 0 Å². The summed E-state index contributed by atoms with van der Waals surface area (Å²) >= 11 is 8.22. The number of halogens is 2. The van der Waals surface area contributed by atoms with E-state index in [9.17, 15) is 0 Å². The van der Waals surface area contributed by atoms with Crippen LogP contribution in [0.2, 0.25) is 5.02 Å². The van der Waals surface area contributed by atoms with Gasteiger partial charge in [0.2, 0.25) is 0 Å². The summed E-state index contributed by atoms with van der Waals surface area (Å²) in [6.07, 6.45) is 0. The molecule has 0 unspecified atom stereocenters. The number of aromatic nitrogens is 1. The van der Waals surface area contributed by atoms with Crippen molar-refractivity contribution in [2.75, 3.05) is 0 Å². The van der Waals surface area contributed by atoms with Crippen LogP contribution >= 0.6 is 30.5 Å². The molecule has 1 aromatic heterocycles. The van der Waals surface area contributed by atoms with Crippen molar-refractivity contribution in [1.82, 2.24) is 4.98 Å². The van der Waals surface area contributed by atoms with Gasteiger partial charge in [0.25, 0.3) is 0 Å². The minimum atomic E-state index is -0.109. The number of fused-ring (bicyclic) bond motifs is 1. The minimum absolute atomic E-state index is 0.109. The topological polar surface area (TPSA) is 15.8 Å². The van der Waals surface area contributed by atoms with Gasteiger partial charge in [-0.2, -0.15) is 0 Å². The van der Waals surface area contributed by atoms with Crippen molar-refractivity contribution in [3.05, 3.63) is 29.3 Å². The summed E-state index contributed by atoms with van der Waals surface area (Å²) < 4.78 is 1.38. The monoisotopic (exact) mass is 301 g/mol. The molecule has 2 rings (SSSR count). The molecule has 0 saturated heterocycles. The zero-order chi connectivity index (χ0) is 8.55. The summed E-state index contributed by atoms with van der Waals surface area (Å²) in [5, 5.41) is 2.06. The minimum Gasteiger partial charge on any atom is -0.386 e. The molecule has 0 aliphatic rings. The highest BCUT2D eigenvalue weighted by atomic mass is 127. The zero-order valence-corrected chi connectivity index (χ0v) is 10.6. The van der Waals surface area contributed by atoms with Crippen LogP contribution in [-0.4, -0.2) is 21.5 Å². The summed E-state index contributed by atoms with van der Waals surface area (Å²) in [6, 6.07) is 8.17. The molecular formula is C8H5ClIMgN. The Kier molecular flexibility index (Phi) is 2.84. The Bertz CT molecular complexity index is 412. The Hall–Kier alpha value is 0.546. The van der Waals surface area contributed by atoms with Gasteiger partial charge in [-0.25, -0.2) is 0 Å². The summed E-state index contributed by atoms with van der Waals surface area (Å²) in [7, 11) is 0. The van der Waals surface area contributed by atoms with Gasteiger partial charge in [0.05, 0.1) is 0 Å². The van der Waals surface area contributed by atoms with Crippen LogP contribution in [0.15, 0.2) is 24.3 Å². The van der Waals surface area contributed by atoms with Gasteiger partial charge in [0.15, 0.2) is 0 Å². The fourth-order valence-electron chi connectivity index (χ4n) is 1.23. The van der Waals surface area contributed by atoms with E-state index in [1.54, 1.807) is 0 Å². The van der Waals surface area contributed by atoms with E-state index in [2.05, 4.69) is 36.0 Å². The first-order valence-corrected chi connectivity index (χ1v) is 9.82. The second kappa shape index (κ2) is 3.73. The molecule has 0 spiro atoms. The molecule has 0 bridgehead atoms. The molecule has 0 aliphatic heterocycles. The maximum Gasteiger partial charge on any atom is 0.527 e. The number of rotatable bonds is 1. The molecule has 1 nitrogen and oxygen atoms in total. The average molecular weight is 302 g/mol. The van der Waals surface area contributed by atoms with Crippen molar-refractivity contribution >= 4 is 61.7 Å². The molecule has 0 aliphatic carbocycles. The lowest BCUT2D eigenvalue weighted by atomic mass is 10.2. The van der Waals surface area contributed by atoms with E-state index in [-0.39, 0.29) is 16.5 Å². The zero-order valence-electron chi connectivity index (χ0n) is 6.27. The fraction of sp³-hybridized carbons (Fsp3) is 0. The smallest absolute Gasteiger partial charge is 0.386 e. The van der Waals surface area contributed by atoms with E-state index in [0.717, 1.165) is 10.5 Å². The summed E-state index contributed by atoms with van der Waals surface area (Å²) in [5.74, 6) is 0. The standard InChI is InChI=1S/C8H5ClN.HI.Mg/c9-7-2-1-6-3-4-10-8(6)5-7;;/h1-3,5,10H;1H;/q;;+1/p-1. The predicted molar refractivity (Wildman–Crippen MR) is 62.7 cm³/mol. The Morgan fingerprint density at radius 1 is 1.33 bits per heavy atom. The Balaban J connectivity index is 2.67. The number of hydrogen-bond acceptors (Lipinski definition) is 0. The third-order valence-corrected chi connectivity index (χ3v) is 5.15. The number of nitrogens with one attached hydrogen (secondary N) is 1. The molecular weight excluding hydrogens is 297 g/mol. The quantitative estimate of drug-likeness (QED) is 0.615.